The number of carbonyl (C=O) groups excluding carboxylic acids is 1. The highest BCUT2D eigenvalue weighted by atomic mass is 32.1. The van der Waals surface area contributed by atoms with Gasteiger partial charge in [0.05, 0.1) is 0 Å². The molecule has 0 unspecified atom stereocenters. The highest BCUT2D eigenvalue weighted by Gasteiger charge is 2.17. The number of rotatable bonds is 4. The van der Waals surface area contributed by atoms with Gasteiger partial charge in [-0.05, 0) is 53.9 Å². The van der Waals surface area contributed by atoms with Crippen LogP contribution in [0.4, 0.5) is 0 Å². The molecule has 0 aliphatic carbocycles. The maximum Gasteiger partial charge on any atom is 0.251 e. The third-order valence-electron chi connectivity index (χ3n) is 3.13. The lowest BCUT2D eigenvalue weighted by Gasteiger charge is -2.13. The Balaban J connectivity index is 1.64. The monoisotopic (exact) mass is 289 g/mol. The number of ether oxygens (including phenoxy) is 2. The van der Waals surface area contributed by atoms with E-state index in [4.69, 9.17) is 9.47 Å². The summed E-state index contributed by atoms with van der Waals surface area (Å²) in [5.74, 6) is 1.22. The summed E-state index contributed by atoms with van der Waals surface area (Å²) in [5.41, 5.74) is 1.83. The van der Waals surface area contributed by atoms with E-state index in [-0.39, 0.29) is 18.7 Å². The summed E-state index contributed by atoms with van der Waals surface area (Å²) in [5, 5.41) is 7.14. The van der Waals surface area contributed by atoms with Crippen LogP contribution in [0.5, 0.6) is 11.5 Å². The molecule has 1 N–H and O–H groups in total. The number of carbonyl (C=O) groups is 1. The van der Waals surface area contributed by atoms with Crippen LogP contribution < -0.4 is 14.8 Å². The van der Waals surface area contributed by atoms with Gasteiger partial charge in [0.25, 0.3) is 5.91 Å². The predicted octanol–water partition coefficient (Wildman–Crippen LogP) is 2.84. The van der Waals surface area contributed by atoms with Gasteiger partial charge in [0.15, 0.2) is 11.5 Å². The molecule has 0 fully saturated rings. The third-order valence-corrected chi connectivity index (χ3v) is 3.87. The molecule has 104 valence electrons. The highest BCUT2D eigenvalue weighted by molar-refractivity contribution is 7.07. The van der Waals surface area contributed by atoms with Crippen molar-refractivity contribution >= 4 is 17.2 Å². The molecule has 0 radical (unpaired) electrons. The van der Waals surface area contributed by atoms with Gasteiger partial charge in [-0.15, -0.1) is 0 Å². The Kier molecular flexibility index (Phi) is 3.60. The number of hydrogen-bond donors (Lipinski definition) is 1. The first kappa shape index (κ1) is 13.0. The number of benzene rings is 1. The molecule has 1 aromatic heterocycles. The van der Waals surface area contributed by atoms with Crippen molar-refractivity contribution in [3.8, 4) is 11.5 Å². The SMILES string of the molecule is C[C@H](Cc1ccsc1)NC(=O)c1ccc2c(c1)OCO2. The molecule has 1 aromatic carbocycles. The topological polar surface area (TPSA) is 47.6 Å². The zero-order valence-electron chi connectivity index (χ0n) is 11.1. The third kappa shape index (κ3) is 2.77. The van der Waals surface area contributed by atoms with E-state index in [1.54, 1.807) is 29.5 Å². The van der Waals surface area contributed by atoms with Crippen molar-refractivity contribution in [1.82, 2.24) is 5.32 Å². The second kappa shape index (κ2) is 5.54. The molecule has 4 nitrogen and oxygen atoms in total. The Morgan fingerprint density at radius 3 is 3.00 bits per heavy atom. The van der Waals surface area contributed by atoms with Crippen LogP contribution in [0.3, 0.4) is 0 Å². The molecule has 0 spiro atoms. The lowest BCUT2D eigenvalue weighted by atomic mass is 10.1. The molecular formula is C15H15NO3S. The fourth-order valence-electron chi connectivity index (χ4n) is 2.16. The minimum atomic E-state index is -0.0916. The van der Waals surface area contributed by atoms with Gasteiger partial charge in [0.1, 0.15) is 0 Å². The maximum absolute atomic E-state index is 12.2. The van der Waals surface area contributed by atoms with E-state index in [1.165, 1.54) is 5.56 Å². The normalized spacial score (nSPS) is 14.1. The first-order valence-electron chi connectivity index (χ1n) is 6.44. The number of fused-ring (bicyclic) bond motifs is 1. The van der Waals surface area contributed by atoms with E-state index in [2.05, 4.69) is 16.8 Å². The van der Waals surface area contributed by atoms with Crippen LogP contribution in [0.25, 0.3) is 0 Å². The van der Waals surface area contributed by atoms with E-state index in [0.717, 1.165) is 6.42 Å². The van der Waals surface area contributed by atoms with Crippen LogP contribution in [0.1, 0.15) is 22.8 Å². The Morgan fingerprint density at radius 2 is 2.20 bits per heavy atom. The van der Waals surface area contributed by atoms with Crippen molar-refractivity contribution in [2.24, 2.45) is 0 Å². The molecule has 1 amide bonds. The van der Waals surface area contributed by atoms with Crippen LogP contribution in [-0.4, -0.2) is 18.7 Å². The minimum absolute atomic E-state index is 0.0857. The van der Waals surface area contributed by atoms with Crippen LogP contribution in [0, 0.1) is 0 Å². The number of nitrogens with one attached hydrogen (secondary N) is 1. The second-order valence-electron chi connectivity index (χ2n) is 4.78. The van der Waals surface area contributed by atoms with Gasteiger partial charge in [-0.3, -0.25) is 4.79 Å². The molecule has 1 aliphatic heterocycles. The second-order valence-corrected chi connectivity index (χ2v) is 5.56. The zero-order chi connectivity index (χ0) is 13.9. The first-order chi connectivity index (χ1) is 9.72. The van der Waals surface area contributed by atoms with Crippen LogP contribution in [-0.2, 0) is 6.42 Å². The van der Waals surface area contributed by atoms with Gasteiger partial charge in [0.2, 0.25) is 6.79 Å². The number of amides is 1. The molecule has 0 saturated heterocycles. The van der Waals surface area contributed by atoms with Gasteiger partial charge >= 0.3 is 0 Å². The Hall–Kier alpha value is -2.01. The molecule has 3 rings (SSSR count). The Labute approximate surface area is 121 Å². The van der Waals surface area contributed by atoms with E-state index < -0.39 is 0 Å². The molecular weight excluding hydrogens is 274 g/mol. The highest BCUT2D eigenvalue weighted by Crippen LogP contribution is 2.32. The average Bonchev–Trinajstić information content (AvgIpc) is 3.07. The lowest BCUT2D eigenvalue weighted by Crippen LogP contribution is -2.33. The maximum atomic E-state index is 12.2. The van der Waals surface area contributed by atoms with Crippen molar-refractivity contribution in [2.75, 3.05) is 6.79 Å². The van der Waals surface area contributed by atoms with E-state index in [9.17, 15) is 4.79 Å². The van der Waals surface area contributed by atoms with Gasteiger partial charge in [-0.1, -0.05) is 0 Å². The molecule has 5 heteroatoms. The van der Waals surface area contributed by atoms with E-state index in [1.807, 2.05) is 12.3 Å². The van der Waals surface area contributed by atoms with Crippen LogP contribution >= 0.6 is 11.3 Å². The molecule has 2 heterocycles. The minimum Gasteiger partial charge on any atom is -0.454 e. The predicted molar refractivity (Wildman–Crippen MR) is 77.5 cm³/mol. The molecule has 20 heavy (non-hydrogen) atoms. The largest absolute Gasteiger partial charge is 0.454 e. The van der Waals surface area contributed by atoms with Gasteiger partial charge < -0.3 is 14.8 Å². The molecule has 1 atom stereocenters. The average molecular weight is 289 g/mol. The van der Waals surface area contributed by atoms with Crippen molar-refractivity contribution in [1.29, 1.82) is 0 Å². The Bertz CT molecular complexity index is 610. The summed E-state index contributed by atoms with van der Waals surface area (Å²) < 4.78 is 10.5. The summed E-state index contributed by atoms with van der Waals surface area (Å²) in [6, 6.07) is 7.40. The molecule has 0 saturated carbocycles. The standard InChI is InChI=1S/C15H15NO3S/c1-10(6-11-4-5-20-8-11)16-15(17)12-2-3-13-14(7-12)19-9-18-13/h2-5,7-8,10H,6,9H2,1H3,(H,16,17)/t10-/m1/s1. The fourth-order valence-corrected chi connectivity index (χ4v) is 2.84. The first-order valence-corrected chi connectivity index (χ1v) is 7.38. The zero-order valence-corrected chi connectivity index (χ0v) is 11.9. The van der Waals surface area contributed by atoms with E-state index >= 15 is 0 Å². The Morgan fingerprint density at radius 1 is 1.35 bits per heavy atom. The molecule has 1 aliphatic rings. The quantitative estimate of drug-likeness (QED) is 0.941. The summed E-state index contributed by atoms with van der Waals surface area (Å²) in [4.78, 5) is 12.2. The van der Waals surface area contributed by atoms with Gasteiger partial charge in [-0.2, -0.15) is 11.3 Å². The van der Waals surface area contributed by atoms with Gasteiger partial charge in [-0.25, -0.2) is 0 Å². The van der Waals surface area contributed by atoms with Crippen molar-refractivity contribution in [3.63, 3.8) is 0 Å². The summed E-state index contributed by atoms with van der Waals surface area (Å²) in [6.45, 7) is 2.22. The lowest BCUT2D eigenvalue weighted by molar-refractivity contribution is 0.0939. The summed E-state index contributed by atoms with van der Waals surface area (Å²) in [7, 11) is 0. The van der Waals surface area contributed by atoms with Crippen LogP contribution in [0.15, 0.2) is 35.0 Å². The van der Waals surface area contributed by atoms with Gasteiger partial charge in [0, 0.05) is 11.6 Å². The summed E-state index contributed by atoms with van der Waals surface area (Å²) >= 11 is 1.67. The van der Waals surface area contributed by atoms with Crippen molar-refractivity contribution in [3.05, 3.63) is 46.2 Å². The molecule has 0 bridgehead atoms. The van der Waals surface area contributed by atoms with Crippen LogP contribution in [0.2, 0.25) is 0 Å². The number of thiophene rings is 1. The van der Waals surface area contributed by atoms with Crippen molar-refractivity contribution < 1.29 is 14.3 Å². The fraction of sp³-hybridized carbons (Fsp3) is 0.267. The van der Waals surface area contributed by atoms with Crippen molar-refractivity contribution in [2.45, 2.75) is 19.4 Å². The summed E-state index contributed by atoms with van der Waals surface area (Å²) in [6.07, 6.45) is 0.833. The smallest absolute Gasteiger partial charge is 0.251 e. The van der Waals surface area contributed by atoms with E-state index in [0.29, 0.717) is 17.1 Å². The number of hydrogen-bond acceptors (Lipinski definition) is 4. The molecule has 2 aromatic rings.